The third-order valence-electron chi connectivity index (χ3n) is 3.55. The number of ether oxygens (including phenoxy) is 2. The van der Waals surface area contributed by atoms with E-state index in [0.29, 0.717) is 18.2 Å². The lowest BCUT2D eigenvalue weighted by atomic mass is 10.1. The first-order valence-corrected chi connectivity index (χ1v) is 7.97. The Bertz CT molecular complexity index is 534. The van der Waals surface area contributed by atoms with Gasteiger partial charge in [0.1, 0.15) is 12.4 Å². The van der Waals surface area contributed by atoms with Crippen molar-refractivity contribution in [3.05, 3.63) is 23.4 Å². The van der Waals surface area contributed by atoms with Crippen LogP contribution >= 0.6 is 11.6 Å². The van der Waals surface area contributed by atoms with Crippen molar-refractivity contribution in [2.45, 2.75) is 25.6 Å². The fourth-order valence-electron chi connectivity index (χ4n) is 2.52. The van der Waals surface area contributed by atoms with Crippen molar-refractivity contribution in [3.8, 4) is 0 Å². The minimum atomic E-state index is -0.320. The maximum absolute atomic E-state index is 11.6. The average molecular weight is 342 g/mol. The number of morpholine rings is 1. The molecule has 1 atom stereocenters. The van der Waals surface area contributed by atoms with Crippen molar-refractivity contribution in [2.75, 3.05) is 45.3 Å². The molecule has 1 aromatic heterocycles. The summed E-state index contributed by atoms with van der Waals surface area (Å²) in [6.45, 7) is 5.89. The van der Waals surface area contributed by atoms with Crippen molar-refractivity contribution < 1.29 is 14.3 Å². The summed E-state index contributed by atoms with van der Waals surface area (Å²) in [4.78, 5) is 19.6. The topological polar surface area (TPSA) is 54.9 Å². The number of carbonyl (C=O) groups is 1. The summed E-state index contributed by atoms with van der Waals surface area (Å²) in [5.41, 5.74) is -0.320. The summed E-state index contributed by atoms with van der Waals surface area (Å²) in [5.74, 6) is 0.802. The molecule has 128 valence electrons. The number of carbonyl (C=O) groups excluding carboxylic acids is 1. The molecule has 0 aromatic carbocycles. The second kappa shape index (κ2) is 7.47. The zero-order valence-electron chi connectivity index (χ0n) is 14.1. The molecule has 0 radical (unpaired) electrons. The highest BCUT2D eigenvalue weighted by atomic mass is 35.5. The smallest absolute Gasteiger partial charge is 0.248 e. The second-order valence-corrected chi connectivity index (χ2v) is 6.95. The Labute approximate surface area is 142 Å². The summed E-state index contributed by atoms with van der Waals surface area (Å²) < 4.78 is 11.6. The van der Waals surface area contributed by atoms with Crippen molar-refractivity contribution in [1.29, 1.82) is 0 Å². The third kappa shape index (κ3) is 5.34. The van der Waals surface area contributed by atoms with Gasteiger partial charge in [0, 0.05) is 33.4 Å². The lowest BCUT2D eigenvalue weighted by Gasteiger charge is -2.43. The number of rotatable bonds is 5. The van der Waals surface area contributed by atoms with E-state index in [2.05, 4.69) is 9.88 Å². The molecule has 1 aromatic rings. The summed E-state index contributed by atoms with van der Waals surface area (Å²) in [6, 6.07) is 3.73. The van der Waals surface area contributed by atoms with Gasteiger partial charge in [0.2, 0.25) is 5.91 Å². The summed E-state index contributed by atoms with van der Waals surface area (Å²) >= 11 is 5.90. The molecule has 1 amide bonds. The highest BCUT2D eigenvalue weighted by Gasteiger charge is 2.34. The SMILES string of the molecule is CN(C)C(=O)COCC1CN(c2ccc(Cl)cn2)CC(C)(C)O1. The summed E-state index contributed by atoms with van der Waals surface area (Å²) in [6.07, 6.45) is 1.52. The van der Waals surface area contributed by atoms with Gasteiger partial charge in [-0.1, -0.05) is 11.6 Å². The highest BCUT2D eigenvalue weighted by Crippen LogP contribution is 2.25. The van der Waals surface area contributed by atoms with Crippen LogP contribution in [0.15, 0.2) is 18.3 Å². The summed E-state index contributed by atoms with van der Waals surface area (Å²) in [7, 11) is 3.42. The zero-order chi connectivity index (χ0) is 17.0. The molecule has 23 heavy (non-hydrogen) atoms. The molecule has 0 saturated carbocycles. The Hall–Kier alpha value is -1.37. The van der Waals surface area contributed by atoms with Crippen molar-refractivity contribution in [1.82, 2.24) is 9.88 Å². The van der Waals surface area contributed by atoms with Gasteiger partial charge in [0.05, 0.1) is 23.3 Å². The zero-order valence-corrected chi connectivity index (χ0v) is 14.8. The van der Waals surface area contributed by atoms with Gasteiger partial charge >= 0.3 is 0 Å². The Morgan fingerprint density at radius 1 is 1.52 bits per heavy atom. The van der Waals surface area contributed by atoms with Gasteiger partial charge in [-0.2, -0.15) is 0 Å². The first kappa shape index (κ1) is 18.0. The van der Waals surface area contributed by atoms with Crippen LogP contribution in [0.3, 0.4) is 0 Å². The number of pyridine rings is 1. The molecule has 7 heteroatoms. The second-order valence-electron chi connectivity index (χ2n) is 6.52. The van der Waals surface area contributed by atoms with E-state index < -0.39 is 0 Å². The first-order chi connectivity index (χ1) is 10.8. The van der Waals surface area contributed by atoms with Crippen LogP contribution in [0.4, 0.5) is 5.82 Å². The molecule has 0 bridgehead atoms. The number of likely N-dealkylation sites (N-methyl/N-ethyl adjacent to an activating group) is 1. The lowest BCUT2D eigenvalue weighted by Crippen LogP contribution is -2.54. The average Bonchev–Trinajstić information content (AvgIpc) is 2.46. The fraction of sp³-hybridized carbons (Fsp3) is 0.625. The van der Waals surface area contributed by atoms with Gasteiger partial charge in [0.15, 0.2) is 0 Å². The van der Waals surface area contributed by atoms with Crippen LogP contribution in [-0.4, -0.2) is 67.9 Å². The number of hydrogen-bond donors (Lipinski definition) is 0. The van der Waals surface area contributed by atoms with Crippen molar-refractivity contribution in [2.24, 2.45) is 0 Å². The predicted molar refractivity (Wildman–Crippen MR) is 89.9 cm³/mol. The Balaban J connectivity index is 1.95. The number of halogens is 1. The van der Waals surface area contributed by atoms with Crippen LogP contribution < -0.4 is 4.90 Å². The van der Waals surface area contributed by atoms with Crippen LogP contribution in [0.25, 0.3) is 0 Å². The van der Waals surface area contributed by atoms with Gasteiger partial charge in [0.25, 0.3) is 0 Å². The van der Waals surface area contributed by atoms with Gasteiger partial charge < -0.3 is 19.3 Å². The van der Waals surface area contributed by atoms with Gasteiger partial charge in [-0.25, -0.2) is 4.98 Å². The molecule has 2 rings (SSSR count). The third-order valence-corrected chi connectivity index (χ3v) is 3.77. The normalized spacial score (nSPS) is 20.4. The Morgan fingerprint density at radius 2 is 2.26 bits per heavy atom. The molecule has 1 aliphatic heterocycles. The molecule has 1 saturated heterocycles. The van der Waals surface area contributed by atoms with E-state index in [1.54, 1.807) is 20.3 Å². The lowest BCUT2D eigenvalue weighted by molar-refractivity contribution is -0.139. The molecule has 6 nitrogen and oxygen atoms in total. The van der Waals surface area contributed by atoms with E-state index >= 15 is 0 Å². The monoisotopic (exact) mass is 341 g/mol. The van der Waals surface area contributed by atoms with Crippen molar-refractivity contribution >= 4 is 23.3 Å². The van der Waals surface area contributed by atoms with E-state index in [4.69, 9.17) is 21.1 Å². The van der Waals surface area contributed by atoms with Gasteiger partial charge in [-0.15, -0.1) is 0 Å². The standard InChI is InChI=1S/C16H24ClN3O3/c1-16(2)11-20(14-6-5-12(17)7-18-14)8-13(23-16)9-22-10-15(21)19(3)4/h5-7,13H,8-11H2,1-4H3. The van der Waals surface area contributed by atoms with E-state index in [-0.39, 0.29) is 24.2 Å². The molecule has 1 unspecified atom stereocenters. The van der Waals surface area contributed by atoms with E-state index in [1.165, 1.54) is 4.90 Å². The Kier molecular flexibility index (Phi) is 5.84. The molecule has 0 N–H and O–H groups in total. The number of aromatic nitrogens is 1. The maximum Gasteiger partial charge on any atom is 0.248 e. The molecular formula is C16H24ClN3O3. The number of nitrogens with zero attached hydrogens (tertiary/aromatic N) is 3. The first-order valence-electron chi connectivity index (χ1n) is 7.59. The van der Waals surface area contributed by atoms with Gasteiger partial charge in [-0.05, 0) is 26.0 Å². The van der Waals surface area contributed by atoms with E-state index in [0.717, 1.165) is 12.4 Å². The maximum atomic E-state index is 11.6. The van der Waals surface area contributed by atoms with E-state index in [1.807, 2.05) is 26.0 Å². The molecule has 1 fully saturated rings. The fourth-order valence-corrected chi connectivity index (χ4v) is 2.63. The highest BCUT2D eigenvalue weighted by molar-refractivity contribution is 6.30. The van der Waals surface area contributed by atoms with Crippen LogP contribution in [0.1, 0.15) is 13.8 Å². The molecule has 0 spiro atoms. The Morgan fingerprint density at radius 3 is 2.87 bits per heavy atom. The van der Waals surface area contributed by atoms with Crippen LogP contribution in [-0.2, 0) is 14.3 Å². The van der Waals surface area contributed by atoms with Gasteiger partial charge in [-0.3, -0.25) is 4.79 Å². The summed E-state index contributed by atoms with van der Waals surface area (Å²) in [5, 5.41) is 0.614. The minimum absolute atomic E-state index is 0.0590. The number of anilines is 1. The van der Waals surface area contributed by atoms with Crippen LogP contribution in [0, 0.1) is 0 Å². The van der Waals surface area contributed by atoms with E-state index in [9.17, 15) is 4.79 Å². The quantitative estimate of drug-likeness (QED) is 0.817. The molecule has 1 aliphatic rings. The molecule has 0 aliphatic carbocycles. The van der Waals surface area contributed by atoms with Crippen molar-refractivity contribution in [3.63, 3.8) is 0 Å². The molecular weight excluding hydrogens is 318 g/mol. The minimum Gasteiger partial charge on any atom is -0.369 e. The molecule has 2 heterocycles. The van der Waals surface area contributed by atoms with Crippen LogP contribution in [0.5, 0.6) is 0 Å². The number of hydrogen-bond acceptors (Lipinski definition) is 5. The number of amides is 1. The largest absolute Gasteiger partial charge is 0.369 e. The van der Waals surface area contributed by atoms with Crippen LogP contribution in [0.2, 0.25) is 5.02 Å². The predicted octanol–water partition coefficient (Wildman–Crippen LogP) is 1.82.